The highest BCUT2D eigenvalue weighted by atomic mass is 15.3. The van der Waals surface area contributed by atoms with E-state index in [2.05, 4.69) is 31.5 Å². The molecule has 0 aromatic heterocycles. The molecule has 0 saturated heterocycles. The van der Waals surface area contributed by atoms with Crippen molar-refractivity contribution in [3.8, 4) is 0 Å². The second-order valence-electron chi connectivity index (χ2n) is 6.28. The van der Waals surface area contributed by atoms with Crippen molar-refractivity contribution in [1.29, 1.82) is 0 Å². The lowest BCUT2D eigenvalue weighted by Crippen LogP contribution is -2.46. The van der Waals surface area contributed by atoms with E-state index in [1.165, 1.54) is 51.4 Å². The van der Waals surface area contributed by atoms with Crippen molar-refractivity contribution in [3.63, 3.8) is 0 Å². The highest BCUT2D eigenvalue weighted by molar-refractivity contribution is 5.79. The average molecular weight is 268 g/mol. The first-order chi connectivity index (χ1) is 9.11. The Morgan fingerprint density at radius 3 is 2.42 bits per heavy atom. The van der Waals surface area contributed by atoms with Gasteiger partial charge in [0, 0.05) is 6.04 Å². The van der Waals surface area contributed by atoms with Gasteiger partial charge in [0.1, 0.15) is 0 Å². The van der Waals surface area contributed by atoms with Crippen LogP contribution in [0.2, 0.25) is 0 Å². The predicted molar refractivity (Wildman–Crippen MR) is 82.9 cm³/mol. The number of hydrazine groups is 1. The molecule has 1 atom stereocenters. The van der Waals surface area contributed by atoms with E-state index in [1.807, 2.05) is 0 Å². The number of nitrogens with one attached hydrogen (secondary N) is 2. The summed E-state index contributed by atoms with van der Waals surface area (Å²) in [5.41, 5.74) is 2.72. The largest absolute Gasteiger partial charge is 0.353 e. The summed E-state index contributed by atoms with van der Waals surface area (Å²) in [5.74, 6) is 7.13. The summed E-state index contributed by atoms with van der Waals surface area (Å²) in [6.07, 6.45) is 10.1. The summed E-state index contributed by atoms with van der Waals surface area (Å²) < 4.78 is 0. The molecule has 1 fully saturated rings. The molecule has 1 rings (SSSR count). The predicted octanol–water partition coefficient (Wildman–Crippen LogP) is 2.94. The standard InChI is InChI=1S/C15H32N4/c1-12(2)8-7-9-13(3)17-15(19-16)18-14-10-5-4-6-11-14/h12-14H,4-11,16H2,1-3H3,(H2,17,18,19). The van der Waals surface area contributed by atoms with E-state index in [1.54, 1.807) is 0 Å². The molecule has 1 unspecified atom stereocenters. The number of rotatable bonds is 6. The van der Waals surface area contributed by atoms with Crippen LogP contribution in [0.1, 0.15) is 72.1 Å². The molecule has 1 aliphatic carbocycles. The van der Waals surface area contributed by atoms with Gasteiger partial charge in [0.15, 0.2) is 0 Å². The zero-order valence-electron chi connectivity index (χ0n) is 12.9. The van der Waals surface area contributed by atoms with E-state index in [-0.39, 0.29) is 0 Å². The third-order valence-corrected chi connectivity index (χ3v) is 3.82. The van der Waals surface area contributed by atoms with Crippen LogP contribution in [0.25, 0.3) is 0 Å². The molecule has 0 amide bonds. The monoisotopic (exact) mass is 268 g/mol. The lowest BCUT2D eigenvalue weighted by molar-refractivity contribution is 0.438. The Morgan fingerprint density at radius 2 is 1.84 bits per heavy atom. The van der Waals surface area contributed by atoms with Gasteiger partial charge in [-0.25, -0.2) is 10.8 Å². The molecule has 0 aromatic rings. The summed E-state index contributed by atoms with van der Waals surface area (Å²) in [7, 11) is 0. The van der Waals surface area contributed by atoms with Crippen LogP contribution in [-0.4, -0.2) is 18.0 Å². The second-order valence-corrected chi connectivity index (χ2v) is 6.28. The molecule has 1 saturated carbocycles. The van der Waals surface area contributed by atoms with Gasteiger partial charge >= 0.3 is 0 Å². The number of aliphatic imine (C=N–C) groups is 1. The lowest BCUT2D eigenvalue weighted by Gasteiger charge is -2.21. The summed E-state index contributed by atoms with van der Waals surface area (Å²) >= 11 is 0. The van der Waals surface area contributed by atoms with Crippen LogP contribution in [0.4, 0.5) is 0 Å². The quantitative estimate of drug-likeness (QED) is 0.300. The first-order valence-corrected chi connectivity index (χ1v) is 7.92. The normalized spacial score (nSPS) is 19.5. The van der Waals surface area contributed by atoms with Crippen LogP contribution >= 0.6 is 0 Å². The van der Waals surface area contributed by atoms with Gasteiger partial charge in [0.05, 0.1) is 6.04 Å². The number of hydrogen-bond donors (Lipinski definition) is 3. The molecule has 0 spiro atoms. The van der Waals surface area contributed by atoms with E-state index in [0.717, 1.165) is 11.9 Å². The molecule has 0 bridgehead atoms. The molecule has 19 heavy (non-hydrogen) atoms. The molecule has 0 aliphatic heterocycles. The van der Waals surface area contributed by atoms with Crippen molar-refractivity contribution in [2.24, 2.45) is 16.8 Å². The van der Waals surface area contributed by atoms with Gasteiger partial charge in [-0.2, -0.15) is 0 Å². The van der Waals surface area contributed by atoms with Gasteiger partial charge in [-0.1, -0.05) is 46.0 Å². The van der Waals surface area contributed by atoms with Crippen molar-refractivity contribution in [2.75, 3.05) is 0 Å². The van der Waals surface area contributed by atoms with Gasteiger partial charge in [-0.3, -0.25) is 5.43 Å². The number of guanidine groups is 1. The minimum atomic E-state index is 0.428. The van der Waals surface area contributed by atoms with Crippen molar-refractivity contribution >= 4 is 5.96 Å². The maximum atomic E-state index is 5.57. The Labute approximate surface area is 118 Å². The average Bonchev–Trinajstić information content (AvgIpc) is 2.38. The van der Waals surface area contributed by atoms with Gasteiger partial charge in [-0.05, 0) is 32.1 Å². The van der Waals surface area contributed by atoms with E-state index < -0.39 is 0 Å². The smallest absolute Gasteiger partial charge is 0.206 e. The molecule has 0 aromatic carbocycles. The van der Waals surface area contributed by atoms with Crippen LogP contribution < -0.4 is 16.6 Å². The summed E-state index contributed by atoms with van der Waals surface area (Å²) in [5, 5.41) is 3.40. The van der Waals surface area contributed by atoms with Crippen molar-refractivity contribution in [1.82, 2.24) is 10.7 Å². The third kappa shape index (κ3) is 7.41. The van der Waals surface area contributed by atoms with Crippen molar-refractivity contribution in [2.45, 2.75) is 84.2 Å². The zero-order valence-corrected chi connectivity index (χ0v) is 12.9. The fraction of sp³-hybridized carbons (Fsp3) is 0.933. The van der Waals surface area contributed by atoms with Gasteiger partial charge in [0.2, 0.25) is 5.96 Å². The molecular weight excluding hydrogens is 236 g/mol. The minimum Gasteiger partial charge on any atom is -0.353 e. The topological polar surface area (TPSA) is 62.4 Å². The molecule has 0 radical (unpaired) electrons. The van der Waals surface area contributed by atoms with Gasteiger partial charge in [-0.15, -0.1) is 0 Å². The van der Waals surface area contributed by atoms with Gasteiger partial charge in [0.25, 0.3) is 0 Å². The van der Waals surface area contributed by atoms with E-state index in [0.29, 0.717) is 12.1 Å². The Kier molecular flexibility index (Phi) is 7.87. The Morgan fingerprint density at radius 1 is 1.16 bits per heavy atom. The van der Waals surface area contributed by atoms with Crippen LogP contribution in [-0.2, 0) is 0 Å². The lowest BCUT2D eigenvalue weighted by atomic mass is 9.96. The Balaban J connectivity index is 2.31. The highest BCUT2D eigenvalue weighted by Crippen LogP contribution is 2.20. The molecule has 112 valence electrons. The van der Waals surface area contributed by atoms with Crippen molar-refractivity contribution in [3.05, 3.63) is 0 Å². The van der Waals surface area contributed by atoms with Crippen LogP contribution in [0.15, 0.2) is 4.99 Å². The number of nitrogens with zero attached hydrogens (tertiary/aromatic N) is 1. The third-order valence-electron chi connectivity index (χ3n) is 3.82. The van der Waals surface area contributed by atoms with Crippen LogP contribution in [0.3, 0.4) is 0 Å². The highest BCUT2D eigenvalue weighted by Gasteiger charge is 2.13. The summed E-state index contributed by atoms with van der Waals surface area (Å²) in [4.78, 5) is 4.71. The van der Waals surface area contributed by atoms with Crippen LogP contribution in [0, 0.1) is 5.92 Å². The Hall–Kier alpha value is -0.770. The molecule has 0 heterocycles. The van der Waals surface area contributed by atoms with Crippen LogP contribution in [0.5, 0.6) is 0 Å². The molecule has 4 nitrogen and oxygen atoms in total. The maximum Gasteiger partial charge on any atom is 0.206 e. The molecule has 4 heteroatoms. The summed E-state index contributed by atoms with van der Waals surface area (Å²) in [6, 6.07) is 0.882. The first-order valence-electron chi connectivity index (χ1n) is 7.92. The van der Waals surface area contributed by atoms with E-state index in [4.69, 9.17) is 10.8 Å². The first kappa shape index (κ1) is 16.3. The number of hydrogen-bond acceptors (Lipinski definition) is 2. The van der Waals surface area contributed by atoms with Crippen molar-refractivity contribution < 1.29 is 0 Å². The fourth-order valence-corrected chi connectivity index (χ4v) is 2.65. The van der Waals surface area contributed by atoms with Gasteiger partial charge < -0.3 is 5.32 Å². The Bertz CT molecular complexity index is 257. The second kappa shape index (κ2) is 9.18. The fourth-order valence-electron chi connectivity index (χ4n) is 2.65. The SMILES string of the molecule is CC(C)CCCC(C)NC(=NC1CCCCC1)NN. The zero-order chi connectivity index (χ0) is 14.1. The molecule has 4 N–H and O–H groups in total. The summed E-state index contributed by atoms with van der Waals surface area (Å²) in [6.45, 7) is 6.75. The maximum absolute atomic E-state index is 5.57. The van der Waals surface area contributed by atoms with E-state index >= 15 is 0 Å². The number of nitrogens with two attached hydrogens (primary N) is 1. The minimum absolute atomic E-state index is 0.428. The molecule has 1 aliphatic rings. The van der Waals surface area contributed by atoms with E-state index in [9.17, 15) is 0 Å². The molecular formula is C15H32N4.